The van der Waals surface area contributed by atoms with Gasteiger partial charge in [-0.15, -0.1) is 0 Å². The van der Waals surface area contributed by atoms with Gasteiger partial charge in [0, 0.05) is 18.5 Å². The summed E-state index contributed by atoms with van der Waals surface area (Å²) in [4.78, 5) is 49.5. The third-order valence-corrected chi connectivity index (χ3v) is 4.68. The van der Waals surface area contributed by atoms with Gasteiger partial charge in [-0.1, -0.05) is 24.3 Å². The predicted molar refractivity (Wildman–Crippen MR) is 100 cm³/mol. The molecule has 0 bridgehead atoms. The number of rotatable bonds is 8. The summed E-state index contributed by atoms with van der Waals surface area (Å²) < 4.78 is 40.5. The van der Waals surface area contributed by atoms with Gasteiger partial charge in [0.2, 0.25) is 5.88 Å². The SMILES string of the molecule is COC(=O)Oc1[nH]c(=O)n(CCCS(=O)(=O)O)c(=O)c1Cc1ccc(C=O)cc1. The summed E-state index contributed by atoms with van der Waals surface area (Å²) in [5, 5.41) is 0. The Morgan fingerprint density at radius 2 is 1.90 bits per heavy atom. The Balaban J connectivity index is 2.45. The summed E-state index contributed by atoms with van der Waals surface area (Å²) in [5.41, 5.74) is -0.810. The van der Waals surface area contributed by atoms with Gasteiger partial charge in [-0.2, -0.15) is 8.42 Å². The molecule has 0 saturated carbocycles. The van der Waals surface area contributed by atoms with Crippen molar-refractivity contribution in [1.29, 1.82) is 0 Å². The van der Waals surface area contributed by atoms with Gasteiger partial charge in [-0.3, -0.25) is 23.7 Å². The van der Waals surface area contributed by atoms with Crippen LogP contribution in [-0.4, -0.2) is 47.8 Å². The van der Waals surface area contributed by atoms with Crippen molar-refractivity contribution in [3.8, 4) is 5.88 Å². The number of nitrogens with one attached hydrogen (secondary N) is 1. The van der Waals surface area contributed by atoms with Crippen molar-refractivity contribution < 1.29 is 32.0 Å². The molecule has 0 atom stereocenters. The molecule has 1 aromatic heterocycles. The highest BCUT2D eigenvalue weighted by Crippen LogP contribution is 2.16. The zero-order chi connectivity index (χ0) is 21.6. The van der Waals surface area contributed by atoms with E-state index in [4.69, 9.17) is 9.29 Å². The molecule has 0 spiro atoms. The first kappa shape index (κ1) is 22.0. The van der Waals surface area contributed by atoms with Crippen molar-refractivity contribution in [2.75, 3.05) is 12.9 Å². The molecule has 0 unspecified atom stereocenters. The Morgan fingerprint density at radius 1 is 1.24 bits per heavy atom. The molecule has 0 saturated heterocycles. The molecule has 0 aliphatic rings. The lowest BCUT2D eigenvalue weighted by atomic mass is 10.1. The van der Waals surface area contributed by atoms with E-state index in [-0.39, 0.29) is 24.9 Å². The zero-order valence-electron chi connectivity index (χ0n) is 15.3. The molecule has 0 aliphatic heterocycles. The number of hydrogen-bond donors (Lipinski definition) is 2. The van der Waals surface area contributed by atoms with Crippen LogP contribution in [0.15, 0.2) is 33.9 Å². The molecule has 2 rings (SSSR count). The minimum absolute atomic E-state index is 0.0562. The normalized spacial score (nSPS) is 11.1. The first-order valence-corrected chi connectivity index (χ1v) is 9.86. The number of aromatic nitrogens is 2. The maximum atomic E-state index is 12.8. The molecular weight excluding hydrogens is 408 g/mol. The lowest BCUT2D eigenvalue weighted by molar-refractivity contribution is 0.112. The van der Waals surface area contributed by atoms with Gasteiger partial charge in [0.1, 0.15) is 6.29 Å². The fourth-order valence-electron chi connectivity index (χ4n) is 2.49. The van der Waals surface area contributed by atoms with E-state index in [0.29, 0.717) is 17.4 Å². The molecule has 0 aliphatic carbocycles. The maximum Gasteiger partial charge on any atom is 0.514 e. The van der Waals surface area contributed by atoms with E-state index in [2.05, 4.69) is 9.72 Å². The van der Waals surface area contributed by atoms with Crippen LogP contribution in [0.2, 0.25) is 0 Å². The monoisotopic (exact) mass is 426 g/mol. The lowest BCUT2D eigenvalue weighted by Crippen LogP contribution is -2.38. The molecular formula is C17H18N2O9S. The molecule has 1 heterocycles. The van der Waals surface area contributed by atoms with Crippen LogP contribution in [-0.2, 0) is 27.8 Å². The van der Waals surface area contributed by atoms with Crippen LogP contribution in [0.5, 0.6) is 5.88 Å². The van der Waals surface area contributed by atoms with Crippen molar-refractivity contribution in [2.45, 2.75) is 19.4 Å². The molecule has 12 heteroatoms. The van der Waals surface area contributed by atoms with Crippen LogP contribution < -0.4 is 16.0 Å². The van der Waals surface area contributed by atoms with Gasteiger partial charge < -0.3 is 9.47 Å². The summed E-state index contributed by atoms with van der Waals surface area (Å²) in [7, 11) is -3.20. The number of benzene rings is 1. The smallest absolute Gasteiger partial charge is 0.437 e. The van der Waals surface area contributed by atoms with Crippen molar-refractivity contribution in [1.82, 2.24) is 9.55 Å². The van der Waals surface area contributed by atoms with Crippen molar-refractivity contribution in [3.05, 3.63) is 61.8 Å². The number of carbonyl (C=O) groups excluding carboxylic acids is 2. The van der Waals surface area contributed by atoms with Gasteiger partial charge in [0.25, 0.3) is 15.7 Å². The Bertz CT molecular complexity index is 1120. The average Bonchev–Trinajstić information content (AvgIpc) is 2.67. The number of methoxy groups -OCH3 is 1. The van der Waals surface area contributed by atoms with Gasteiger partial charge in [0.15, 0.2) is 0 Å². The quantitative estimate of drug-likeness (QED) is 0.345. The Hall–Kier alpha value is -3.25. The van der Waals surface area contributed by atoms with E-state index in [1.165, 1.54) is 12.1 Å². The van der Waals surface area contributed by atoms with Crippen molar-refractivity contribution >= 4 is 22.6 Å². The van der Waals surface area contributed by atoms with Gasteiger partial charge in [0.05, 0.1) is 18.4 Å². The van der Waals surface area contributed by atoms with Crippen LogP contribution in [0.1, 0.15) is 27.9 Å². The second-order valence-electron chi connectivity index (χ2n) is 5.93. The standard InChI is InChI=1S/C17H18N2O9S/c1-27-17(23)28-14-13(9-11-3-5-12(10-20)6-4-11)15(21)19(16(22)18-14)7-2-8-29(24,25)26/h3-6,10H,2,7-9H2,1H3,(H,18,22)(H,24,25,26). The summed E-state index contributed by atoms with van der Waals surface area (Å²) in [6.07, 6.45) is -0.745. The van der Waals surface area contributed by atoms with E-state index < -0.39 is 39.2 Å². The number of carbonyl (C=O) groups is 2. The molecule has 1 aromatic carbocycles. The Morgan fingerprint density at radius 3 is 2.45 bits per heavy atom. The van der Waals surface area contributed by atoms with Crippen LogP contribution in [0.4, 0.5) is 4.79 Å². The molecule has 0 fully saturated rings. The van der Waals surface area contributed by atoms with Crippen LogP contribution in [0.25, 0.3) is 0 Å². The summed E-state index contributed by atoms with van der Waals surface area (Å²) in [6, 6.07) is 6.22. The highest BCUT2D eigenvalue weighted by molar-refractivity contribution is 7.85. The third-order valence-electron chi connectivity index (χ3n) is 3.88. The van der Waals surface area contributed by atoms with Crippen LogP contribution in [0, 0.1) is 0 Å². The number of ether oxygens (including phenoxy) is 2. The number of hydrogen-bond acceptors (Lipinski definition) is 8. The van der Waals surface area contributed by atoms with Crippen molar-refractivity contribution in [3.63, 3.8) is 0 Å². The van der Waals surface area contributed by atoms with E-state index in [0.717, 1.165) is 11.7 Å². The summed E-state index contributed by atoms with van der Waals surface area (Å²) in [6.45, 7) is -0.288. The fourth-order valence-corrected chi connectivity index (χ4v) is 2.98. The third kappa shape index (κ3) is 6.12. The highest BCUT2D eigenvalue weighted by atomic mass is 32.2. The maximum absolute atomic E-state index is 12.8. The summed E-state index contributed by atoms with van der Waals surface area (Å²) in [5.74, 6) is -1.04. The van der Waals surface area contributed by atoms with E-state index in [1.807, 2.05) is 0 Å². The largest absolute Gasteiger partial charge is 0.514 e. The molecule has 29 heavy (non-hydrogen) atoms. The van der Waals surface area contributed by atoms with Crippen molar-refractivity contribution in [2.24, 2.45) is 0 Å². The second-order valence-corrected chi connectivity index (χ2v) is 7.50. The first-order valence-electron chi connectivity index (χ1n) is 8.25. The van der Waals surface area contributed by atoms with Gasteiger partial charge in [-0.05, 0) is 12.0 Å². The van der Waals surface area contributed by atoms with Gasteiger partial charge in [-0.25, -0.2) is 9.59 Å². The van der Waals surface area contributed by atoms with E-state index >= 15 is 0 Å². The molecule has 0 amide bonds. The fraction of sp³-hybridized carbons (Fsp3) is 0.294. The minimum atomic E-state index is -4.25. The Labute approximate surface area is 164 Å². The highest BCUT2D eigenvalue weighted by Gasteiger charge is 2.19. The predicted octanol–water partition coefficient (Wildman–Crippen LogP) is 0.363. The molecule has 11 nitrogen and oxygen atoms in total. The zero-order valence-corrected chi connectivity index (χ0v) is 16.1. The number of H-pyrrole nitrogens is 1. The first-order chi connectivity index (χ1) is 13.6. The molecule has 0 radical (unpaired) electrons. The van der Waals surface area contributed by atoms with E-state index in [9.17, 15) is 27.6 Å². The Kier molecular flexibility index (Phi) is 7.07. The van der Waals surface area contributed by atoms with Crippen LogP contribution in [0.3, 0.4) is 0 Å². The number of nitrogens with zero attached hydrogens (tertiary/aromatic N) is 1. The molecule has 2 N–H and O–H groups in total. The molecule has 2 aromatic rings. The second kappa shape index (κ2) is 9.30. The molecule has 156 valence electrons. The minimum Gasteiger partial charge on any atom is -0.437 e. The van der Waals surface area contributed by atoms with E-state index in [1.54, 1.807) is 12.1 Å². The number of aldehydes is 1. The topological polar surface area (TPSA) is 162 Å². The van der Waals surface area contributed by atoms with Crippen LogP contribution >= 0.6 is 0 Å². The average molecular weight is 426 g/mol. The summed E-state index contributed by atoms with van der Waals surface area (Å²) >= 11 is 0. The van der Waals surface area contributed by atoms with Gasteiger partial charge >= 0.3 is 11.8 Å². The lowest BCUT2D eigenvalue weighted by Gasteiger charge is -2.12. The number of aromatic amines is 1.